The molecule has 1 N–H and O–H groups in total. The Hall–Kier alpha value is -1.14. The number of thioether (sulfide) groups is 2. The van der Waals surface area contributed by atoms with Crippen molar-refractivity contribution in [2.24, 2.45) is 0 Å². The lowest BCUT2D eigenvalue weighted by molar-refractivity contribution is -0.142. The molecule has 1 rings (SSSR count). The molecule has 0 unspecified atom stereocenters. The number of nitrogens with one attached hydrogen (secondary N) is 1. The van der Waals surface area contributed by atoms with Crippen LogP contribution in [0.1, 0.15) is 16.8 Å². The summed E-state index contributed by atoms with van der Waals surface area (Å²) in [6.07, 6.45) is 4.49. The van der Waals surface area contributed by atoms with Crippen molar-refractivity contribution in [3.8, 4) is 0 Å². The summed E-state index contributed by atoms with van der Waals surface area (Å²) in [5, 5.41) is 2.72. The molecule has 0 heterocycles. The van der Waals surface area contributed by atoms with Crippen LogP contribution in [-0.2, 0) is 9.53 Å². The third-order valence-corrected chi connectivity index (χ3v) is 4.14. The first-order valence-corrected chi connectivity index (χ1v) is 8.76. The van der Waals surface area contributed by atoms with E-state index in [0.717, 1.165) is 10.6 Å². The molecule has 6 heteroatoms. The zero-order valence-electron chi connectivity index (χ0n) is 11.8. The van der Waals surface area contributed by atoms with Crippen molar-refractivity contribution in [3.05, 3.63) is 29.8 Å². The SMILES string of the molecule is COC(=O)[C@@H](CCSC)NC(=O)c1ccc(SC)cc1. The second kappa shape index (κ2) is 8.92. The van der Waals surface area contributed by atoms with Gasteiger partial charge in [-0.15, -0.1) is 11.8 Å². The van der Waals surface area contributed by atoms with Crippen molar-refractivity contribution in [2.75, 3.05) is 25.4 Å². The van der Waals surface area contributed by atoms with Crippen molar-refractivity contribution in [1.82, 2.24) is 5.32 Å². The summed E-state index contributed by atoms with van der Waals surface area (Å²) in [5.41, 5.74) is 0.542. The van der Waals surface area contributed by atoms with E-state index in [-0.39, 0.29) is 5.91 Å². The van der Waals surface area contributed by atoms with E-state index in [1.54, 1.807) is 35.7 Å². The van der Waals surface area contributed by atoms with E-state index in [1.807, 2.05) is 24.6 Å². The van der Waals surface area contributed by atoms with E-state index >= 15 is 0 Å². The van der Waals surface area contributed by atoms with Crippen LogP contribution in [-0.4, -0.2) is 43.3 Å². The number of methoxy groups -OCH3 is 1. The molecule has 0 aliphatic heterocycles. The number of hydrogen-bond donors (Lipinski definition) is 1. The molecule has 0 bridgehead atoms. The van der Waals surface area contributed by atoms with Crippen LogP contribution in [0.3, 0.4) is 0 Å². The molecular formula is C14H19NO3S2. The molecule has 110 valence electrons. The van der Waals surface area contributed by atoms with Gasteiger partial charge in [0.25, 0.3) is 5.91 Å². The summed E-state index contributed by atoms with van der Waals surface area (Å²) in [4.78, 5) is 24.8. The molecule has 0 saturated carbocycles. The zero-order chi connectivity index (χ0) is 15.0. The Bertz CT molecular complexity index is 448. The van der Waals surface area contributed by atoms with Gasteiger partial charge in [-0.1, -0.05) is 0 Å². The largest absolute Gasteiger partial charge is 0.467 e. The molecule has 1 aromatic rings. The van der Waals surface area contributed by atoms with E-state index in [1.165, 1.54) is 7.11 Å². The Balaban J connectivity index is 2.70. The summed E-state index contributed by atoms with van der Waals surface area (Å²) < 4.78 is 4.72. The van der Waals surface area contributed by atoms with Gasteiger partial charge in [-0.3, -0.25) is 4.79 Å². The molecule has 20 heavy (non-hydrogen) atoms. The fourth-order valence-electron chi connectivity index (χ4n) is 1.61. The second-order valence-electron chi connectivity index (χ2n) is 4.06. The van der Waals surface area contributed by atoms with Gasteiger partial charge in [-0.25, -0.2) is 4.79 Å². The van der Waals surface area contributed by atoms with Crippen LogP contribution < -0.4 is 5.32 Å². The molecule has 0 saturated heterocycles. The molecule has 0 aliphatic rings. The molecule has 0 radical (unpaired) electrons. The maximum atomic E-state index is 12.1. The average molecular weight is 313 g/mol. The summed E-state index contributed by atoms with van der Waals surface area (Å²) in [5.74, 6) is 0.119. The number of amides is 1. The maximum absolute atomic E-state index is 12.1. The topological polar surface area (TPSA) is 55.4 Å². The van der Waals surface area contributed by atoms with Gasteiger partial charge in [-0.05, 0) is 49.0 Å². The Morgan fingerprint density at radius 2 is 1.90 bits per heavy atom. The minimum atomic E-state index is -0.597. The quantitative estimate of drug-likeness (QED) is 0.619. The average Bonchev–Trinajstić information content (AvgIpc) is 2.50. The molecule has 0 aromatic heterocycles. The van der Waals surface area contributed by atoms with Gasteiger partial charge in [0.2, 0.25) is 0 Å². The normalized spacial score (nSPS) is 11.8. The van der Waals surface area contributed by atoms with Gasteiger partial charge in [0.05, 0.1) is 7.11 Å². The predicted molar refractivity (Wildman–Crippen MR) is 84.5 cm³/mol. The lowest BCUT2D eigenvalue weighted by atomic mass is 10.1. The summed E-state index contributed by atoms with van der Waals surface area (Å²) >= 11 is 3.24. The number of ether oxygens (including phenoxy) is 1. The first kappa shape index (κ1) is 16.9. The van der Waals surface area contributed by atoms with E-state index < -0.39 is 12.0 Å². The molecule has 1 aromatic carbocycles. The highest BCUT2D eigenvalue weighted by Gasteiger charge is 2.21. The lowest BCUT2D eigenvalue weighted by Gasteiger charge is -2.16. The van der Waals surface area contributed by atoms with Gasteiger partial charge in [0, 0.05) is 10.5 Å². The first-order chi connectivity index (χ1) is 9.62. The van der Waals surface area contributed by atoms with Crippen LogP contribution in [0.4, 0.5) is 0 Å². The lowest BCUT2D eigenvalue weighted by Crippen LogP contribution is -2.41. The van der Waals surface area contributed by atoms with Gasteiger partial charge in [0.1, 0.15) is 6.04 Å². The van der Waals surface area contributed by atoms with E-state index in [9.17, 15) is 9.59 Å². The monoisotopic (exact) mass is 313 g/mol. The highest BCUT2D eigenvalue weighted by molar-refractivity contribution is 7.98. The van der Waals surface area contributed by atoms with Crippen LogP contribution in [0.15, 0.2) is 29.2 Å². The maximum Gasteiger partial charge on any atom is 0.328 e. The standard InChI is InChI=1S/C14H19NO3S2/c1-18-14(17)12(8-9-19-2)15-13(16)10-4-6-11(20-3)7-5-10/h4-7,12H,8-9H2,1-3H3,(H,15,16)/t12-/m1/s1. The number of carbonyl (C=O) groups excluding carboxylic acids is 2. The Kier molecular flexibility index (Phi) is 7.54. The third-order valence-electron chi connectivity index (χ3n) is 2.75. The van der Waals surface area contributed by atoms with Crippen molar-refractivity contribution in [3.63, 3.8) is 0 Å². The molecule has 0 fully saturated rings. The van der Waals surface area contributed by atoms with Gasteiger partial charge in [0.15, 0.2) is 0 Å². The molecule has 0 spiro atoms. The Morgan fingerprint density at radius 1 is 1.25 bits per heavy atom. The molecule has 1 amide bonds. The smallest absolute Gasteiger partial charge is 0.328 e. The zero-order valence-corrected chi connectivity index (χ0v) is 13.5. The van der Waals surface area contributed by atoms with Crippen molar-refractivity contribution < 1.29 is 14.3 Å². The summed E-state index contributed by atoms with van der Waals surface area (Å²) in [6.45, 7) is 0. The highest BCUT2D eigenvalue weighted by atomic mass is 32.2. The van der Waals surface area contributed by atoms with Crippen molar-refractivity contribution in [2.45, 2.75) is 17.4 Å². The number of carbonyl (C=O) groups is 2. The van der Waals surface area contributed by atoms with Crippen LogP contribution in [0, 0.1) is 0 Å². The van der Waals surface area contributed by atoms with E-state index in [0.29, 0.717) is 12.0 Å². The Labute approximate surface area is 128 Å². The number of esters is 1. The van der Waals surface area contributed by atoms with Crippen LogP contribution in [0.25, 0.3) is 0 Å². The van der Waals surface area contributed by atoms with Crippen LogP contribution in [0.2, 0.25) is 0 Å². The minimum Gasteiger partial charge on any atom is -0.467 e. The van der Waals surface area contributed by atoms with Gasteiger partial charge < -0.3 is 10.1 Å². The second-order valence-corrected chi connectivity index (χ2v) is 5.92. The van der Waals surface area contributed by atoms with Crippen molar-refractivity contribution >= 4 is 35.4 Å². The van der Waals surface area contributed by atoms with E-state index in [2.05, 4.69) is 5.32 Å². The van der Waals surface area contributed by atoms with Crippen LogP contribution in [0.5, 0.6) is 0 Å². The van der Waals surface area contributed by atoms with Gasteiger partial charge in [-0.2, -0.15) is 11.8 Å². The Morgan fingerprint density at radius 3 is 2.40 bits per heavy atom. The fourth-order valence-corrected chi connectivity index (χ4v) is 2.49. The molecular weight excluding hydrogens is 294 g/mol. The summed E-state index contributed by atoms with van der Waals surface area (Å²) in [6, 6.07) is 6.68. The molecule has 1 atom stereocenters. The number of rotatable bonds is 7. The summed E-state index contributed by atoms with van der Waals surface area (Å²) in [7, 11) is 1.33. The molecule has 0 aliphatic carbocycles. The number of hydrogen-bond acceptors (Lipinski definition) is 5. The third kappa shape index (κ3) is 5.09. The van der Waals surface area contributed by atoms with Crippen LogP contribution >= 0.6 is 23.5 Å². The first-order valence-electron chi connectivity index (χ1n) is 6.14. The predicted octanol–water partition coefficient (Wildman–Crippen LogP) is 2.43. The fraction of sp³-hybridized carbons (Fsp3) is 0.429. The highest BCUT2D eigenvalue weighted by Crippen LogP contribution is 2.15. The molecule has 4 nitrogen and oxygen atoms in total. The van der Waals surface area contributed by atoms with Crippen molar-refractivity contribution in [1.29, 1.82) is 0 Å². The van der Waals surface area contributed by atoms with E-state index in [4.69, 9.17) is 4.74 Å². The number of benzene rings is 1. The van der Waals surface area contributed by atoms with Gasteiger partial charge >= 0.3 is 5.97 Å². The minimum absolute atomic E-state index is 0.255.